The fraction of sp³-hybridized carbons (Fsp3) is 0.714. The first-order valence-corrected chi connectivity index (χ1v) is 14.1. The van der Waals surface area contributed by atoms with Gasteiger partial charge in [0.2, 0.25) is 12.3 Å². The van der Waals surface area contributed by atoms with Gasteiger partial charge in [0.1, 0.15) is 5.75 Å². The van der Waals surface area contributed by atoms with Crippen LogP contribution in [0.4, 0.5) is 0 Å². The first-order chi connectivity index (χ1) is 20.2. The van der Waals surface area contributed by atoms with Gasteiger partial charge in [0.25, 0.3) is 0 Å². The molecule has 0 aliphatic heterocycles. The molecule has 236 valence electrons. The number of benzene rings is 1. The van der Waals surface area contributed by atoms with Crippen LogP contribution in [0.5, 0.6) is 5.75 Å². The van der Waals surface area contributed by atoms with Crippen LogP contribution in [0, 0.1) is 0 Å². The maximum atomic E-state index is 11.8. The molecule has 1 rings (SSSR count). The third-order valence-electron chi connectivity index (χ3n) is 5.22. The van der Waals surface area contributed by atoms with Crippen LogP contribution in [-0.2, 0) is 53.9 Å². The van der Waals surface area contributed by atoms with Crippen molar-refractivity contribution in [3.63, 3.8) is 0 Å². The lowest BCUT2D eigenvalue weighted by Crippen LogP contribution is -2.26. The second-order valence-electron chi connectivity index (χ2n) is 8.49. The van der Waals surface area contributed by atoms with E-state index in [2.05, 4.69) is 10.6 Å². The van der Waals surface area contributed by atoms with Crippen molar-refractivity contribution in [1.29, 1.82) is 0 Å². The van der Waals surface area contributed by atoms with Crippen LogP contribution in [-0.4, -0.2) is 136 Å². The number of nitrogens with one attached hydrogen (secondary N) is 2. The number of carbonyl (C=O) groups is 2. The number of hydrogen-bond donors (Lipinski definition) is 3. The summed E-state index contributed by atoms with van der Waals surface area (Å²) < 4.78 is 43.2. The van der Waals surface area contributed by atoms with Crippen molar-refractivity contribution in [2.45, 2.75) is 12.8 Å². The summed E-state index contributed by atoms with van der Waals surface area (Å²) in [5.41, 5.74) is 1.05. The first-order valence-electron chi connectivity index (χ1n) is 14.1. The van der Waals surface area contributed by atoms with Crippen molar-refractivity contribution < 1.29 is 52.6 Å². The number of phenolic OH excluding ortho intramolecular Hbond substituents is 1. The molecular formula is C28H48N2O11. The third-order valence-corrected chi connectivity index (χ3v) is 5.22. The Morgan fingerprint density at radius 3 is 1.39 bits per heavy atom. The Hall–Kier alpha value is -2.36. The van der Waals surface area contributed by atoms with Gasteiger partial charge in [-0.15, -0.1) is 0 Å². The van der Waals surface area contributed by atoms with E-state index in [1.807, 2.05) is 12.1 Å². The highest BCUT2D eigenvalue weighted by Gasteiger charge is 2.02. The number of carbonyl (C=O) groups excluding carboxylic acids is 2. The van der Waals surface area contributed by atoms with Gasteiger partial charge >= 0.3 is 0 Å². The fourth-order valence-electron chi connectivity index (χ4n) is 3.09. The lowest BCUT2D eigenvalue weighted by Gasteiger charge is -2.09. The molecule has 13 heteroatoms. The highest BCUT2D eigenvalue weighted by molar-refractivity contribution is 5.75. The number of amides is 2. The maximum absolute atomic E-state index is 11.8. The highest BCUT2D eigenvalue weighted by atomic mass is 16.6. The summed E-state index contributed by atoms with van der Waals surface area (Å²) in [7, 11) is 0. The lowest BCUT2D eigenvalue weighted by atomic mass is 10.1. The number of rotatable bonds is 31. The Balaban J connectivity index is 1.68. The minimum Gasteiger partial charge on any atom is -0.508 e. The summed E-state index contributed by atoms with van der Waals surface area (Å²) in [5.74, 6) is 0.175. The number of ether oxygens (including phenoxy) is 8. The predicted octanol–water partition coefficient (Wildman–Crippen LogP) is 0.320. The molecule has 0 atom stereocenters. The topological polar surface area (TPSA) is 152 Å². The Labute approximate surface area is 243 Å². The van der Waals surface area contributed by atoms with E-state index in [0.29, 0.717) is 138 Å². The molecule has 0 heterocycles. The van der Waals surface area contributed by atoms with Gasteiger partial charge in [0, 0.05) is 19.5 Å². The monoisotopic (exact) mass is 588 g/mol. The molecule has 3 N–H and O–H groups in total. The molecule has 0 fully saturated rings. The van der Waals surface area contributed by atoms with E-state index in [9.17, 15) is 14.7 Å². The normalized spacial score (nSPS) is 11.0. The van der Waals surface area contributed by atoms with E-state index in [4.69, 9.17) is 37.9 Å². The summed E-state index contributed by atoms with van der Waals surface area (Å²) in [4.78, 5) is 21.9. The Bertz CT molecular complexity index is 725. The first kappa shape index (κ1) is 36.7. The van der Waals surface area contributed by atoms with Crippen molar-refractivity contribution in [2.75, 3.05) is 119 Å². The van der Waals surface area contributed by atoms with E-state index in [0.717, 1.165) is 5.56 Å². The van der Waals surface area contributed by atoms with Crippen LogP contribution in [0.2, 0.25) is 0 Å². The summed E-state index contributed by atoms with van der Waals surface area (Å²) in [5, 5.41) is 14.6. The second kappa shape index (κ2) is 29.1. The van der Waals surface area contributed by atoms with E-state index in [1.165, 1.54) is 0 Å². The number of hydrogen-bond acceptors (Lipinski definition) is 11. The standard InChI is InChI=1S/C28H48N2O11/c31-25-29-8-10-35-12-14-37-16-18-39-20-22-41-24-23-40-21-19-38-17-15-36-13-11-34-9-6-28(33)30-7-5-26-1-3-27(32)4-2-26/h1-4,25,32H,5-24H2,(H,29,31)(H,30,33). The molecule has 13 nitrogen and oxygen atoms in total. The van der Waals surface area contributed by atoms with Crippen molar-refractivity contribution in [3.05, 3.63) is 29.8 Å². The minimum atomic E-state index is -0.0560. The summed E-state index contributed by atoms with van der Waals surface area (Å²) in [6.45, 7) is 8.49. The van der Waals surface area contributed by atoms with Crippen molar-refractivity contribution in [1.82, 2.24) is 10.6 Å². The molecule has 0 aliphatic carbocycles. The molecule has 0 aromatic heterocycles. The van der Waals surface area contributed by atoms with E-state index in [1.54, 1.807) is 12.1 Å². The minimum absolute atomic E-state index is 0.0560. The van der Waals surface area contributed by atoms with Crippen molar-refractivity contribution >= 4 is 12.3 Å². The average molecular weight is 589 g/mol. The molecule has 0 bridgehead atoms. The van der Waals surface area contributed by atoms with E-state index >= 15 is 0 Å². The highest BCUT2D eigenvalue weighted by Crippen LogP contribution is 2.09. The number of aromatic hydroxyl groups is 1. The molecule has 0 saturated heterocycles. The zero-order chi connectivity index (χ0) is 29.5. The maximum Gasteiger partial charge on any atom is 0.222 e. The van der Waals surface area contributed by atoms with Gasteiger partial charge in [-0.1, -0.05) is 12.1 Å². The van der Waals surface area contributed by atoms with E-state index < -0.39 is 0 Å². The van der Waals surface area contributed by atoms with Crippen LogP contribution < -0.4 is 10.6 Å². The molecular weight excluding hydrogens is 540 g/mol. The average Bonchev–Trinajstić information content (AvgIpc) is 2.98. The summed E-state index contributed by atoms with van der Waals surface area (Å²) >= 11 is 0. The molecule has 2 amide bonds. The van der Waals surface area contributed by atoms with Gasteiger partial charge in [-0.3, -0.25) is 9.59 Å². The molecule has 41 heavy (non-hydrogen) atoms. The van der Waals surface area contributed by atoms with E-state index in [-0.39, 0.29) is 11.7 Å². The Morgan fingerprint density at radius 1 is 0.585 bits per heavy atom. The van der Waals surface area contributed by atoms with Gasteiger partial charge in [0.15, 0.2) is 0 Å². The zero-order valence-corrected chi connectivity index (χ0v) is 24.1. The summed E-state index contributed by atoms with van der Waals surface area (Å²) in [6, 6.07) is 6.93. The molecule has 0 aliphatic rings. The van der Waals surface area contributed by atoms with Crippen LogP contribution in [0.1, 0.15) is 12.0 Å². The van der Waals surface area contributed by atoms with Crippen LogP contribution in [0.25, 0.3) is 0 Å². The quantitative estimate of drug-likeness (QED) is 0.0812. The van der Waals surface area contributed by atoms with Crippen molar-refractivity contribution in [2.24, 2.45) is 0 Å². The van der Waals surface area contributed by atoms with Crippen LogP contribution in [0.15, 0.2) is 24.3 Å². The molecule has 1 aromatic rings. The molecule has 0 spiro atoms. The zero-order valence-electron chi connectivity index (χ0n) is 24.1. The molecule has 0 radical (unpaired) electrons. The lowest BCUT2D eigenvalue weighted by molar-refractivity contribution is -0.122. The second-order valence-corrected chi connectivity index (χ2v) is 8.49. The Kier molecular flexibility index (Phi) is 26.1. The van der Waals surface area contributed by atoms with Crippen LogP contribution >= 0.6 is 0 Å². The van der Waals surface area contributed by atoms with Gasteiger partial charge in [0.05, 0.1) is 106 Å². The van der Waals surface area contributed by atoms with Crippen molar-refractivity contribution in [3.8, 4) is 5.75 Å². The van der Waals surface area contributed by atoms with Gasteiger partial charge in [-0.25, -0.2) is 0 Å². The summed E-state index contributed by atoms with van der Waals surface area (Å²) in [6.07, 6.45) is 1.65. The molecule has 0 saturated carbocycles. The van der Waals surface area contributed by atoms with Gasteiger partial charge in [-0.2, -0.15) is 0 Å². The van der Waals surface area contributed by atoms with Gasteiger partial charge in [-0.05, 0) is 24.1 Å². The third kappa shape index (κ3) is 26.3. The largest absolute Gasteiger partial charge is 0.508 e. The molecule has 1 aromatic carbocycles. The smallest absolute Gasteiger partial charge is 0.222 e. The molecule has 0 unspecified atom stereocenters. The van der Waals surface area contributed by atoms with Gasteiger partial charge < -0.3 is 53.6 Å². The van der Waals surface area contributed by atoms with Crippen LogP contribution in [0.3, 0.4) is 0 Å². The fourth-order valence-corrected chi connectivity index (χ4v) is 3.09. The number of phenols is 1. The predicted molar refractivity (Wildman–Crippen MR) is 150 cm³/mol. The Morgan fingerprint density at radius 2 is 0.976 bits per heavy atom. The SMILES string of the molecule is O=CNCCOCCOCCOCCOCCOCCOCCOCCOCCC(=O)NCCc1ccc(O)cc1.